The van der Waals surface area contributed by atoms with E-state index in [4.69, 9.17) is 0 Å². The van der Waals surface area contributed by atoms with Crippen molar-refractivity contribution in [1.29, 1.82) is 0 Å². The van der Waals surface area contributed by atoms with E-state index in [1.54, 1.807) is 0 Å². The van der Waals surface area contributed by atoms with Gasteiger partial charge in [0.05, 0.1) is 22.2 Å². The standard InChI is InChI=1S/C58H40BN3S/c1-58(2,3)36-29-52-56-53(30-36)62-50-31-42-39-22-11-14-27-48(39)60(37-19-8-5-9-20-37)49(42)32-43(50)41-24-16-25-45(57(41)62)59(56)46-34-55-44(40-23-12-15-28-54(40)63-55)33-51(46)61(52)47-26-13-10-21-38(47)35-17-6-4-7-18-35/h4-34H,1-3H3. The van der Waals surface area contributed by atoms with Crippen molar-refractivity contribution in [2.24, 2.45) is 0 Å². The highest BCUT2D eigenvalue weighted by Crippen LogP contribution is 2.48. The SMILES string of the molecule is CC(C)(C)c1cc2c3c(c1)-n1c4cc5c6ccccc6n(-c6ccccc6)c5cc4c4cccc(c41)B3c1cc3sc4ccccc4c3cc1N2c1ccccc1-c1ccccc1. The first-order valence-electron chi connectivity index (χ1n) is 22.0. The molecule has 0 amide bonds. The van der Waals surface area contributed by atoms with Gasteiger partial charge in [-0.25, -0.2) is 0 Å². The number of nitrogens with zero attached hydrogens (tertiary/aromatic N) is 3. The molecule has 0 spiro atoms. The van der Waals surface area contributed by atoms with Crippen molar-refractivity contribution in [1.82, 2.24) is 9.13 Å². The maximum absolute atomic E-state index is 2.64. The lowest BCUT2D eigenvalue weighted by Gasteiger charge is -2.42. The van der Waals surface area contributed by atoms with Crippen molar-refractivity contribution in [2.75, 3.05) is 4.90 Å². The summed E-state index contributed by atoms with van der Waals surface area (Å²) < 4.78 is 7.75. The van der Waals surface area contributed by atoms with Crippen LogP contribution in [-0.2, 0) is 5.41 Å². The molecule has 0 saturated carbocycles. The summed E-state index contributed by atoms with van der Waals surface area (Å²) in [6.07, 6.45) is 0. The topological polar surface area (TPSA) is 13.1 Å². The summed E-state index contributed by atoms with van der Waals surface area (Å²) in [7, 11) is 0. The highest BCUT2D eigenvalue weighted by atomic mass is 32.1. The maximum Gasteiger partial charge on any atom is 0.252 e. The average Bonchev–Trinajstić information content (AvgIpc) is 3.96. The van der Waals surface area contributed by atoms with Crippen LogP contribution in [0.25, 0.3) is 86.3 Å². The third-order valence-electron chi connectivity index (χ3n) is 14.0. The Labute approximate surface area is 369 Å². The number of aromatic nitrogens is 2. The lowest BCUT2D eigenvalue weighted by atomic mass is 9.33. The fraction of sp³-hybridized carbons (Fsp3) is 0.0690. The molecule has 12 aromatic rings. The first kappa shape index (κ1) is 35.3. The first-order valence-corrected chi connectivity index (χ1v) is 22.9. The minimum Gasteiger partial charge on any atom is -0.311 e. The molecule has 3 nitrogen and oxygen atoms in total. The molecule has 0 N–H and O–H groups in total. The largest absolute Gasteiger partial charge is 0.311 e. The molecule has 3 aromatic heterocycles. The molecule has 2 aliphatic heterocycles. The molecule has 0 fully saturated rings. The Morgan fingerprint density at radius 3 is 1.92 bits per heavy atom. The summed E-state index contributed by atoms with van der Waals surface area (Å²) in [5.41, 5.74) is 18.8. The van der Waals surface area contributed by atoms with Gasteiger partial charge in [-0.1, -0.05) is 142 Å². The van der Waals surface area contributed by atoms with Gasteiger partial charge in [-0.15, -0.1) is 11.3 Å². The number of hydrogen-bond acceptors (Lipinski definition) is 2. The molecule has 0 bridgehead atoms. The second kappa shape index (κ2) is 12.6. The Morgan fingerprint density at radius 2 is 1.10 bits per heavy atom. The normalized spacial score (nSPS) is 13.3. The Morgan fingerprint density at radius 1 is 0.429 bits per heavy atom. The zero-order valence-electron chi connectivity index (χ0n) is 35.2. The van der Waals surface area contributed by atoms with Crippen LogP contribution >= 0.6 is 11.3 Å². The Kier molecular flexibility index (Phi) is 7.07. The van der Waals surface area contributed by atoms with E-state index in [-0.39, 0.29) is 12.1 Å². The van der Waals surface area contributed by atoms with E-state index in [2.05, 4.69) is 223 Å². The summed E-state index contributed by atoms with van der Waals surface area (Å²) in [6.45, 7) is 7.12. The quantitative estimate of drug-likeness (QED) is 0.162. The van der Waals surface area contributed by atoms with Crippen LogP contribution in [0.5, 0.6) is 0 Å². The highest BCUT2D eigenvalue weighted by Gasteiger charge is 2.43. The van der Waals surface area contributed by atoms with Crippen LogP contribution in [0, 0.1) is 0 Å². The molecule has 63 heavy (non-hydrogen) atoms. The zero-order chi connectivity index (χ0) is 41.7. The molecule has 2 aliphatic rings. The Balaban J connectivity index is 1.16. The number of hydrogen-bond donors (Lipinski definition) is 0. The van der Waals surface area contributed by atoms with Crippen LogP contribution in [0.3, 0.4) is 0 Å². The lowest BCUT2D eigenvalue weighted by molar-refractivity contribution is 0.590. The molecule has 0 atom stereocenters. The summed E-state index contributed by atoms with van der Waals surface area (Å²) in [4.78, 5) is 2.62. The number of rotatable bonds is 3. The summed E-state index contributed by atoms with van der Waals surface area (Å²) in [5.74, 6) is 0. The van der Waals surface area contributed by atoms with Crippen molar-refractivity contribution in [3.8, 4) is 22.5 Å². The van der Waals surface area contributed by atoms with E-state index in [1.807, 2.05) is 11.3 Å². The summed E-state index contributed by atoms with van der Waals surface area (Å²) in [6, 6.07) is 70.8. The number of fused-ring (bicyclic) bond motifs is 13. The second-order valence-electron chi connectivity index (χ2n) is 18.5. The molecular formula is C58H40BN3S. The van der Waals surface area contributed by atoms with Crippen molar-refractivity contribution in [3.63, 3.8) is 0 Å². The van der Waals surface area contributed by atoms with Crippen molar-refractivity contribution in [3.05, 3.63) is 194 Å². The van der Waals surface area contributed by atoms with E-state index >= 15 is 0 Å². The van der Waals surface area contributed by atoms with E-state index in [1.165, 1.54) is 125 Å². The van der Waals surface area contributed by atoms with E-state index < -0.39 is 0 Å². The van der Waals surface area contributed by atoms with Gasteiger partial charge < -0.3 is 14.0 Å². The molecule has 14 rings (SSSR count). The molecule has 0 aliphatic carbocycles. The van der Waals surface area contributed by atoms with Crippen LogP contribution in [0.2, 0.25) is 0 Å². The summed E-state index contributed by atoms with van der Waals surface area (Å²) in [5, 5.41) is 7.73. The second-order valence-corrected chi connectivity index (χ2v) is 19.6. The molecule has 5 heteroatoms. The van der Waals surface area contributed by atoms with Gasteiger partial charge in [-0.2, -0.15) is 0 Å². The van der Waals surface area contributed by atoms with E-state index in [9.17, 15) is 0 Å². The molecule has 5 heterocycles. The van der Waals surface area contributed by atoms with Gasteiger partial charge >= 0.3 is 0 Å². The molecule has 0 unspecified atom stereocenters. The highest BCUT2D eigenvalue weighted by molar-refractivity contribution is 7.26. The molecule has 296 valence electrons. The minimum absolute atomic E-state index is 0.0303. The van der Waals surface area contributed by atoms with Gasteiger partial charge in [-0.3, -0.25) is 0 Å². The average molecular weight is 822 g/mol. The van der Waals surface area contributed by atoms with Gasteiger partial charge in [0.1, 0.15) is 0 Å². The van der Waals surface area contributed by atoms with Crippen LogP contribution < -0.4 is 21.3 Å². The van der Waals surface area contributed by atoms with Crippen LogP contribution in [-0.4, -0.2) is 15.8 Å². The molecule has 0 saturated heterocycles. The van der Waals surface area contributed by atoms with Gasteiger partial charge in [0, 0.05) is 75.5 Å². The first-order chi connectivity index (χ1) is 30.9. The number of anilines is 3. The fourth-order valence-corrected chi connectivity index (χ4v) is 12.3. The smallest absolute Gasteiger partial charge is 0.252 e. The monoisotopic (exact) mass is 821 g/mol. The lowest BCUT2D eigenvalue weighted by Crippen LogP contribution is -2.60. The van der Waals surface area contributed by atoms with Gasteiger partial charge in [0.15, 0.2) is 0 Å². The van der Waals surface area contributed by atoms with Gasteiger partial charge in [0.2, 0.25) is 0 Å². The fourth-order valence-electron chi connectivity index (χ4n) is 11.2. The van der Waals surface area contributed by atoms with E-state index in [0.29, 0.717) is 0 Å². The van der Waals surface area contributed by atoms with Crippen molar-refractivity contribution in [2.45, 2.75) is 26.2 Å². The van der Waals surface area contributed by atoms with Crippen molar-refractivity contribution < 1.29 is 0 Å². The Bertz CT molecular complexity index is 3900. The third kappa shape index (κ3) is 4.80. The Hall–Kier alpha value is -7.34. The zero-order valence-corrected chi connectivity index (χ0v) is 36.0. The predicted molar refractivity (Wildman–Crippen MR) is 271 cm³/mol. The molecular weight excluding hydrogens is 782 g/mol. The van der Waals surface area contributed by atoms with Crippen LogP contribution in [0.4, 0.5) is 17.1 Å². The van der Waals surface area contributed by atoms with Crippen LogP contribution in [0.1, 0.15) is 26.3 Å². The van der Waals surface area contributed by atoms with Gasteiger partial charge in [0.25, 0.3) is 6.71 Å². The van der Waals surface area contributed by atoms with E-state index in [0.717, 1.165) is 0 Å². The number of thiophene rings is 1. The number of benzene rings is 9. The number of para-hydroxylation sites is 4. The third-order valence-corrected chi connectivity index (χ3v) is 15.2. The predicted octanol–water partition coefficient (Wildman–Crippen LogP) is 13.8. The van der Waals surface area contributed by atoms with Gasteiger partial charge in [-0.05, 0) is 99.7 Å². The van der Waals surface area contributed by atoms with Crippen molar-refractivity contribution >= 4 is 115 Å². The molecule has 0 radical (unpaired) electrons. The van der Waals surface area contributed by atoms with Crippen LogP contribution in [0.15, 0.2) is 188 Å². The molecule has 9 aromatic carbocycles. The summed E-state index contributed by atoms with van der Waals surface area (Å²) >= 11 is 1.91. The maximum atomic E-state index is 2.64. The minimum atomic E-state index is -0.116.